The number of nitrogens with zero attached hydrogens (tertiary/aromatic N) is 2. The van der Waals surface area contributed by atoms with Crippen molar-refractivity contribution in [2.24, 2.45) is 0 Å². The lowest BCUT2D eigenvalue weighted by atomic mass is 9.91. The summed E-state index contributed by atoms with van der Waals surface area (Å²) in [7, 11) is 0. The van der Waals surface area contributed by atoms with Crippen LogP contribution in [0, 0.1) is 0 Å². The Balaban J connectivity index is 1.97. The van der Waals surface area contributed by atoms with Crippen molar-refractivity contribution < 1.29 is 5.11 Å². The first kappa shape index (κ1) is 13.1. The summed E-state index contributed by atoms with van der Waals surface area (Å²) in [5.41, 5.74) is 0. The largest absolute Gasteiger partial charge is 0.505 e. The first-order valence-electron chi connectivity index (χ1n) is 6.74. The summed E-state index contributed by atoms with van der Waals surface area (Å²) in [5.74, 6) is 0.702. The number of aromatic hydroxyl groups is 1. The topological polar surface area (TPSA) is 70.1 Å². The third kappa shape index (κ3) is 3.32. The van der Waals surface area contributed by atoms with Crippen molar-refractivity contribution in [3.05, 3.63) is 12.4 Å². The highest BCUT2D eigenvalue weighted by Gasteiger charge is 2.26. The Hall–Kier alpha value is -1.36. The van der Waals surface area contributed by atoms with E-state index in [0.29, 0.717) is 24.1 Å². The lowest BCUT2D eigenvalue weighted by molar-refractivity contribution is 0.289. The number of hydrogen-bond acceptors (Lipinski definition) is 5. The standard InChI is InChI=1S/C13H22N4O/c1-3-9-5-11(6-10(4-2)16-9)17-13-14-7-12(18)8-15-13/h7-11,16,18H,3-6H2,1-2H3,(H,14,15,17). The van der Waals surface area contributed by atoms with Crippen molar-refractivity contribution in [3.63, 3.8) is 0 Å². The number of hydrogen-bond donors (Lipinski definition) is 3. The van der Waals surface area contributed by atoms with E-state index in [1.807, 2.05) is 0 Å². The van der Waals surface area contributed by atoms with Crippen LogP contribution in [0.3, 0.4) is 0 Å². The van der Waals surface area contributed by atoms with Crippen LogP contribution in [-0.4, -0.2) is 33.2 Å². The summed E-state index contributed by atoms with van der Waals surface area (Å²) < 4.78 is 0. The van der Waals surface area contributed by atoms with E-state index in [0.717, 1.165) is 25.7 Å². The van der Waals surface area contributed by atoms with Gasteiger partial charge in [-0.05, 0) is 25.7 Å². The van der Waals surface area contributed by atoms with E-state index >= 15 is 0 Å². The maximum atomic E-state index is 9.16. The minimum atomic E-state index is 0.101. The van der Waals surface area contributed by atoms with Gasteiger partial charge in [0.1, 0.15) is 0 Å². The summed E-state index contributed by atoms with van der Waals surface area (Å²) in [6.07, 6.45) is 7.32. The number of aromatic nitrogens is 2. The molecule has 0 aromatic carbocycles. The highest BCUT2D eigenvalue weighted by Crippen LogP contribution is 2.20. The molecule has 5 heteroatoms. The average Bonchev–Trinajstić information content (AvgIpc) is 2.41. The summed E-state index contributed by atoms with van der Waals surface area (Å²) in [6.45, 7) is 4.42. The predicted molar refractivity (Wildman–Crippen MR) is 71.6 cm³/mol. The number of rotatable bonds is 4. The summed E-state index contributed by atoms with van der Waals surface area (Å²) in [6, 6.07) is 1.54. The van der Waals surface area contributed by atoms with E-state index in [1.54, 1.807) is 0 Å². The van der Waals surface area contributed by atoms with Gasteiger partial charge in [-0.25, -0.2) is 9.97 Å². The lowest BCUT2D eigenvalue weighted by Gasteiger charge is -2.36. The Labute approximate surface area is 108 Å². The van der Waals surface area contributed by atoms with Crippen molar-refractivity contribution in [3.8, 4) is 5.75 Å². The maximum absolute atomic E-state index is 9.16. The molecule has 1 fully saturated rings. The van der Waals surface area contributed by atoms with Gasteiger partial charge in [0, 0.05) is 18.1 Å². The zero-order chi connectivity index (χ0) is 13.0. The van der Waals surface area contributed by atoms with E-state index in [2.05, 4.69) is 34.4 Å². The molecule has 1 aliphatic rings. The van der Waals surface area contributed by atoms with E-state index in [1.165, 1.54) is 12.4 Å². The molecule has 1 saturated heterocycles. The van der Waals surface area contributed by atoms with E-state index < -0.39 is 0 Å². The second-order valence-electron chi connectivity index (χ2n) is 4.95. The molecule has 2 atom stereocenters. The van der Waals surface area contributed by atoms with Gasteiger partial charge in [0.05, 0.1) is 12.4 Å². The Morgan fingerprint density at radius 2 is 1.78 bits per heavy atom. The SMILES string of the molecule is CCC1CC(Nc2ncc(O)cn2)CC(CC)N1. The van der Waals surface area contributed by atoms with Gasteiger partial charge in [-0.2, -0.15) is 0 Å². The molecule has 0 aliphatic carbocycles. The van der Waals surface area contributed by atoms with Crippen molar-refractivity contribution in [2.75, 3.05) is 5.32 Å². The number of nitrogens with one attached hydrogen (secondary N) is 2. The van der Waals surface area contributed by atoms with Gasteiger partial charge in [-0.15, -0.1) is 0 Å². The Morgan fingerprint density at radius 1 is 1.22 bits per heavy atom. The molecule has 0 radical (unpaired) electrons. The summed E-state index contributed by atoms with van der Waals surface area (Å²) in [4.78, 5) is 8.16. The smallest absolute Gasteiger partial charge is 0.223 e. The highest BCUT2D eigenvalue weighted by atomic mass is 16.3. The van der Waals surface area contributed by atoms with Crippen LogP contribution in [0.1, 0.15) is 39.5 Å². The molecular weight excluding hydrogens is 228 g/mol. The molecular formula is C13H22N4O. The van der Waals surface area contributed by atoms with Crippen LogP contribution in [0.15, 0.2) is 12.4 Å². The van der Waals surface area contributed by atoms with E-state index in [4.69, 9.17) is 5.11 Å². The molecule has 100 valence electrons. The third-order valence-electron chi connectivity index (χ3n) is 3.57. The predicted octanol–water partition coefficient (Wildman–Crippen LogP) is 1.90. The minimum Gasteiger partial charge on any atom is -0.505 e. The van der Waals surface area contributed by atoms with Crippen LogP contribution in [0.25, 0.3) is 0 Å². The number of anilines is 1. The Bertz CT molecular complexity index is 356. The second-order valence-corrected chi connectivity index (χ2v) is 4.95. The minimum absolute atomic E-state index is 0.101. The fraction of sp³-hybridized carbons (Fsp3) is 0.692. The zero-order valence-electron chi connectivity index (χ0n) is 11.1. The van der Waals surface area contributed by atoms with Gasteiger partial charge in [0.15, 0.2) is 5.75 Å². The first-order chi connectivity index (χ1) is 8.71. The molecule has 3 N–H and O–H groups in total. The number of piperidine rings is 1. The van der Waals surface area contributed by atoms with Crippen molar-refractivity contribution in [1.29, 1.82) is 0 Å². The Kier molecular flexibility index (Phi) is 4.36. The van der Waals surface area contributed by atoms with Crippen LogP contribution in [0.5, 0.6) is 5.75 Å². The summed E-state index contributed by atoms with van der Waals surface area (Å²) in [5, 5.41) is 16.2. The lowest BCUT2D eigenvalue weighted by Crippen LogP contribution is -2.49. The second kappa shape index (κ2) is 6.00. The molecule has 1 aliphatic heterocycles. The van der Waals surface area contributed by atoms with Crippen LogP contribution in [0.4, 0.5) is 5.95 Å². The van der Waals surface area contributed by atoms with Crippen LogP contribution >= 0.6 is 0 Å². The molecule has 0 bridgehead atoms. The van der Waals surface area contributed by atoms with Gasteiger partial charge in [0.2, 0.25) is 5.95 Å². The zero-order valence-corrected chi connectivity index (χ0v) is 11.1. The average molecular weight is 250 g/mol. The van der Waals surface area contributed by atoms with Gasteiger partial charge < -0.3 is 15.7 Å². The monoisotopic (exact) mass is 250 g/mol. The van der Waals surface area contributed by atoms with E-state index in [9.17, 15) is 0 Å². The molecule has 5 nitrogen and oxygen atoms in total. The van der Waals surface area contributed by atoms with E-state index in [-0.39, 0.29) is 5.75 Å². The molecule has 18 heavy (non-hydrogen) atoms. The van der Waals surface area contributed by atoms with Crippen molar-refractivity contribution >= 4 is 5.95 Å². The molecule has 2 unspecified atom stereocenters. The third-order valence-corrected chi connectivity index (χ3v) is 3.57. The quantitative estimate of drug-likeness (QED) is 0.761. The van der Waals surface area contributed by atoms with Crippen LogP contribution < -0.4 is 10.6 Å². The van der Waals surface area contributed by atoms with Crippen LogP contribution in [-0.2, 0) is 0 Å². The van der Waals surface area contributed by atoms with Crippen LogP contribution in [0.2, 0.25) is 0 Å². The van der Waals surface area contributed by atoms with Gasteiger partial charge in [0.25, 0.3) is 0 Å². The first-order valence-corrected chi connectivity index (χ1v) is 6.74. The normalized spacial score (nSPS) is 28.0. The van der Waals surface area contributed by atoms with Gasteiger partial charge in [-0.1, -0.05) is 13.8 Å². The molecule has 0 saturated carbocycles. The maximum Gasteiger partial charge on any atom is 0.223 e. The Morgan fingerprint density at radius 3 is 2.28 bits per heavy atom. The highest BCUT2D eigenvalue weighted by molar-refractivity contribution is 5.28. The fourth-order valence-electron chi connectivity index (χ4n) is 2.52. The molecule has 1 aromatic heterocycles. The molecule has 2 rings (SSSR count). The molecule has 2 heterocycles. The van der Waals surface area contributed by atoms with Gasteiger partial charge >= 0.3 is 0 Å². The molecule has 0 amide bonds. The van der Waals surface area contributed by atoms with Crippen molar-refractivity contribution in [2.45, 2.75) is 57.7 Å². The van der Waals surface area contributed by atoms with Crippen molar-refractivity contribution in [1.82, 2.24) is 15.3 Å². The molecule has 0 spiro atoms. The van der Waals surface area contributed by atoms with Gasteiger partial charge in [-0.3, -0.25) is 0 Å². The fourth-order valence-corrected chi connectivity index (χ4v) is 2.52. The molecule has 1 aromatic rings. The summed E-state index contributed by atoms with van der Waals surface area (Å²) >= 11 is 0.